The van der Waals surface area contributed by atoms with Crippen LogP contribution in [0.1, 0.15) is 18.9 Å². The molecule has 3 nitrogen and oxygen atoms in total. The highest BCUT2D eigenvalue weighted by atomic mass is 79.9. The van der Waals surface area contributed by atoms with E-state index in [4.69, 9.17) is 9.47 Å². The van der Waals surface area contributed by atoms with Crippen molar-refractivity contribution < 1.29 is 9.47 Å². The minimum atomic E-state index is -0.373. The molecule has 1 fully saturated rings. The Morgan fingerprint density at radius 1 is 1.50 bits per heavy atom. The molecule has 1 aliphatic heterocycles. The van der Waals surface area contributed by atoms with Gasteiger partial charge in [-0.1, -0.05) is 0 Å². The fourth-order valence-corrected chi connectivity index (χ4v) is 2.90. The number of ether oxygens (including phenoxy) is 2. The maximum absolute atomic E-state index is 5.53. The Kier molecular flexibility index (Phi) is 4.38. The Bertz CT molecular complexity index is 336. The molecule has 1 aromatic rings. The van der Waals surface area contributed by atoms with Crippen LogP contribution in [-0.4, -0.2) is 25.5 Å². The van der Waals surface area contributed by atoms with E-state index in [9.17, 15) is 0 Å². The SMILES string of the molecule is CC1(CCNCc2csc(Br)c2)OCCO1. The number of rotatable bonds is 5. The third kappa shape index (κ3) is 3.53. The van der Waals surface area contributed by atoms with Gasteiger partial charge in [0.1, 0.15) is 0 Å². The summed E-state index contributed by atoms with van der Waals surface area (Å²) in [5.74, 6) is -0.373. The molecule has 1 N–H and O–H groups in total. The van der Waals surface area contributed by atoms with Crippen LogP contribution in [0.15, 0.2) is 15.2 Å². The Morgan fingerprint density at radius 2 is 2.25 bits per heavy atom. The van der Waals surface area contributed by atoms with Gasteiger partial charge in [-0.15, -0.1) is 11.3 Å². The van der Waals surface area contributed by atoms with Crippen LogP contribution in [-0.2, 0) is 16.0 Å². The summed E-state index contributed by atoms with van der Waals surface area (Å²) >= 11 is 5.17. The van der Waals surface area contributed by atoms with Gasteiger partial charge in [-0.2, -0.15) is 0 Å². The third-order valence-corrected chi connectivity index (χ3v) is 4.16. The summed E-state index contributed by atoms with van der Waals surface area (Å²) in [5.41, 5.74) is 1.32. The molecule has 1 aliphatic rings. The molecule has 0 radical (unpaired) electrons. The lowest BCUT2D eigenvalue weighted by Gasteiger charge is -2.22. The van der Waals surface area contributed by atoms with Crippen LogP contribution >= 0.6 is 27.3 Å². The van der Waals surface area contributed by atoms with Crippen molar-refractivity contribution in [3.8, 4) is 0 Å². The molecule has 1 aromatic heterocycles. The van der Waals surface area contributed by atoms with Crippen molar-refractivity contribution in [2.24, 2.45) is 0 Å². The molecule has 0 saturated carbocycles. The Morgan fingerprint density at radius 3 is 2.88 bits per heavy atom. The first-order valence-electron chi connectivity index (χ1n) is 5.39. The molecule has 16 heavy (non-hydrogen) atoms. The van der Waals surface area contributed by atoms with E-state index in [0.717, 1.165) is 19.5 Å². The molecule has 0 bridgehead atoms. The van der Waals surface area contributed by atoms with Crippen molar-refractivity contribution in [2.45, 2.75) is 25.7 Å². The summed E-state index contributed by atoms with van der Waals surface area (Å²) < 4.78 is 12.2. The zero-order chi connectivity index (χ0) is 11.4. The van der Waals surface area contributed by atoms with E-state index in [1.54, 1.807) is 11.3 Å². The second kappa shape index (κ2) is 5.60. The molecular formula is C11H16BrNO2S. The summed E-state index contributed by atoms with van der Waals surface area (Å²) in [4.78, 5) is 0. The van der Waals surface area contributed by atoms with Crippen molar-refractivity contribution in [3.05, 3.63) is 20.8 Å². The number of halogens is 1. The quantitative estimate of drug-likeness (QED) is 0.849. The maximum atomic E-state index is 5.53. The number of hydrogen-bond acceptors (Lipinski definition) is 4. The topological polar surface area (TPSA) is 30.5 Å². The lowest BCUT2D eigenvalue weighted by molar-refractivity contribution is -0.145. The van der Waals surface area contributed by atoms with E-state index >= 15 is 0 Å². The van der Waals surface area contributed by atoms with Crippen LogP contribution in [0.2, 0.25) is 0 Å². The number of hydrogen-bond donors (Lipinski definition) is 1. The van der Waals surface area contributed by atoms with E-state index in [1.165, 1.54) is 9.35 Å². The van der Waals surface area contributed by atoms with E-state index in [2.05, 4.69) is 32.7 Å². The van der Waals surface area contributed by atoms with Gasteiger partial charge in [0, 0.05) is 19.5 Å². The molecule has 0 unspecified atom stereocenters. The summed E-state index contributed by atoms with van der Waals surface area (Å²) in [5, 5.41) is 5.55. The van der Waals surface area contributed by atoms with Gasteiger partial charge in [0.15, 0.2) is 5.79 Å². The van der Waals surface area contributed by atoms with Crippen LogP contribution in [0.25, 0.3) is 0 Å². The first kappa shape index (κ1) is 12.5. The van der Waals surface area contributed by atoms with Crippen LogP contribution in [0.5, 0.6) is 0 Å². The number of nitrogens with one attached hydrogen (secondary N) is 1. The third-order valence-electron chi connectivity index (χ3n) is 2.60. The van der Waals surface area contributed by atoms with E-state index in [0.29, 0.717) is 13.2 Å². The molecule has 2 heterocycles. The predicted octanol–water partition coefficient (Wildman–Crippen LogP) is 2.75. The van der Waals surface area contributed by atoms with E-state index in [1.807, 2.05) is 6.92 Å². The largest absolute Gasteiger partial charge is 0.348 e. The lowest BCUT2D eigenvalue weighted by atomic mass is 10.2. The van der Waals surface area contributed by atoms with E-state index < -0.39 is 0 Å². The lowest BCUT2D eigenvalue weighted by Crippen LogP contribution is -2.30. The second-order valence-corrected chi connectivity index (χ2v) is 6.31. The monoisotopic (exact) mass is 305 g/mol. The first-order valence-corrected chi connectivity index (χ1v) is 7.07. The molecule has 0 aliphatic carbocycles. The van der Waals surface area contributed by atoms with Gasteiger partial charge < -0.3 is 14.8 Å². The van der Waals surface area contributed by atoms with E-state index in [-0.39, 0.29) is 5.79 Å². The summed E-state index contributed by atoms with van der Waals surface area (Å²) in [6, 6.07) is 2.14. The first-order chi connectivity index (χ1) is 7.68. The van der Waals surface area contributed by atoms with Gasteiger partial charge in [0.2, 0.25) is 0 Å². The van der Waals surface area contributed by atoms with Gasteiger partial charge >= 0.3 is 0 Å². The van der Waals surface area contributed by atoms with Gasteiger partial charge in [0.25, 0.3) is 0 Å². The maximum Gasteiger partial charge on any atom is 0.166 e. The summed E-state index contributed by atoms with van der Waals surface area (Å²) in [6.07, 6.45) is 0.887. The van der Waals surface area contributed by atoms with Crippen LogP contribution in [0.4, 0.5) is 0 Å². The molecule has 0 spiro atoms. The van der Waals surface area contributed by atoms with Crippen LogP contribution < -0.4 is 5.32 Å². The zero-order valence-corrected chi connectivity index (χ0v) is 11.7. The van der Waals surface area contributed by atoms with Gasteiger partial charge in [0.05, 0.1) is 17.0 Å². The molecular weight excluding hydrogens is 290 g/mol. The van der Waals surface area contributed by atoms with Crippen molar-refractivity contribution in [3.63, 3.8) is 0 Å². The van der Waals surface area contributed by atoms with Crippen molar-refractivity contribution in [1.29, 1.82) is 0 Å². The average Bonchev–Trinajstić information content (AvgIpc) is 2.84. The molecule has 2 rings (SSSR count). The predicted molar refractivity (Wildman–Crippen MR) is 68.7 cm³/mol. The van der Waals surface area contributed by atoms with Crippen molar-refractivity contribution in [1.82, 2.24) is 5.32 Å². The molecule has 5 heteroatoms. The molecule has 90 valence electrons. The Hall–Kier alpha value is 0.0600. The average molecular weight is 306 g/mol. The van der Waals surface area contributed by atoms with Crippen LogP contribution in [0.3, 0.4) is 0 Å². The van der Waals surface area contributed by atoms with Gasteiger partial charge in [-0.05, 0) is 39.9 Å². The van der Waals surface area contributed by atoms with Gasteiger partial charge in [-0.25, -0.2) is 0 Å². The molecule has 0 aromatic carbocycles. The molecule has 0 amide bonds. The minimum Gasteiger partial charge on any atom is -0.348 e. The normalized spacial score (nSPS) is 19.1. The standard InChI is InChI=1S/C11H16BrNO2S/c1-11(14-4-5-15-11)2-3-13-7-9-6-10(12)16-8-9/h6,8,13H,2-5,7H2,1H3. The second-order valence-electron chi connectivity index (χ2n) is 4.02. The van der Waals surface area contributed by atoms with Gasteiger partial charge in [-0.3, -0.25) is 0 Å². The Balaban J connectivity index is 1.65. The highest BCUT2D eigenvalue weighted by Gasteiger charge is 2.29. The van der Waals surface area contributed by atoms with Crippen molar-refractivity contribution >= 4 is 27.3 Å². The van der Waals surface area contributed by atoms with Crippen molar-refractivity contribution in [2.75, 3.05) is 19.8 Å². The Labute approximate surface area is 108 Å². The highest BCUT2D eigenvalue weighted by Crippen LogP contribution is 2.22. The van der Waals surface area contributed by atoms with Crippen LogP contribution in [0, 0.1) is 0 Å². The zero-order valence-electron chi connectivity index (χ0n) is 9.29. The molecule has 1 saturated heterocycles. The summed E-state index contributed by atoms with van der Waals surface area (Å²) in [6.45, 7) is 5.24. The smallest absolute Gasteiger partial charge is 0.166 e. The fourth-order valence-electron chi connectivity index (χ4n) is 1.69. The summed E-state index contributed by atoms with van der Waals surface area (Å²) in [7, 11) is 0. The fraction of sp³-hybridized carbons (Fsp3) is 0.636. The number of thiophene rings is 1. The highest BCUT2D eigenvalue weighted by molar-refractivity contribution is 9.11. The minimum absolute atomic E-state index is 0.373. The molecule has 0 atom stereocenters.